The number of hydrogen-bond acceptors (Lipinski definition) is 7. The van der Waals surface area contributed by atoms with Gasteiger partial charge in [0.05, 0.1) is 18.9 Å². The molecule has 2 amide bonds. The van der Waals surface area contributed by atoms with Crippen LogP contribution in [-0.2, 0) is 17.6 Å². The summed E-state index contributed by atoms with van der Waals surface area (Å²) in [6.07, 6.45) is 9.26. The van der Waals surface area contributed by atoms with Crippen LogP contribution in [0.1, 0.15) is 57.9 Å². The fourth-order valence-electron chi connectivity index (χ4n) is 5.02. The van der Waals surface area contributed by atoms with Crippen molar-refractivity contribution < 1.29 is 18.7 Å². The summed E-state index contributed by atoms with van der Waals surface area (Å²) in [4.78, 5) is 35.2. The van der Waals surface area contributed by atoms with Gasteiger partial charge in [-0.25, -0.2) is 4.79 Å². The molecule has 9 heteroatoms. The number of amides is 2. The molecule has 1 unspecified atom stereocenters. The zero-order chi connectivity index (χ0) is 24.2. The van der Waals surface area contributed by atoms with Crippen molar-refractivity contribution in [3.8, 4) is 0 Å². The molecular formula is C26H30N4O4S. The first kappa shape index (κ1) is 23.6. The zero-order valence-electron chi connectivity index (χ0n) is 19.9. The Bertz CT molecular complexity index is 1150. The van der Waals surface area contributed by atoms with Crippen molar-refractivity contribution in [1.82, 2.24) is 14.8 Å². The number of pyridine rings is 1. The molecule has 1 saturated heterocycles. The summed E-state index contributed by atoms with van der Waals surface area (Å²) >= 11 is 1.68. The van der Waals surface area contributed by atoms with Crippen molar-refractivity contribution in [1.29, 1.82) is 0 Å². The molecule has 3 aromatic heterocycles. The molecule has 0 saturated carbocycles. The lowest BCUT2D eigenvalue weighted by molar-refractivity contribution is 0.0714. The number of aromatic nitrogens is 1. The van der Waals surface area contributed by atoms with Gasteiger partial charge in [-0.15, -0.1) is 11.3 Å². The lowest BCUT2D eigenvalue weighted by atomic mass is 9.89. The SMILES string of the molecule is CCOC(=O)N1CCN(C(c2cccnc2)c2c(NC(=O)c3ccco3)sc3c2CCCC3)CC1. The van der Waals surface area contributed by atoms with Gasteiger partial charge in [0.1, 0.15) is 5.00 Å². The number of anilines is 1. The third-order valence-electron chi connectivity index (χ3n) is 6.66. The zero-order valence-corrected chi connectivity index (χ0v) is 20.7. The maximum absolute atomic E-state index is 13.0. The fourth-order valence-corrected chi connectivity index (χ4v) is 6.34. The van der Waals surface area contributed by atoms with Crippen LogP contribution in [0.4, 0.5) is 9.80 Å². The number of nitrogens with one attached hydrogen (secondary N) is 1. The van der Waals surface area contributed by atoms with E-state index >= 15 is 0 Å². The number of hydrogen-bond donors (Lipinski definition) is 1. The summed E-state index contributed by atoms with van der Waals surface area (Å²) in [6, 6.07) is 7.38. The molecule has 4 heterocycles. The number of aryl methyl sites for hydroxylation is 1. The predicted molar refractivity (Wildman–Crippen MR) is 134 cm³/mol. The molecule has 0 radical (unpaired) electrons. The minimum Gasteiger partial charge on any atom is -0.459 e. The molecule has 0 aromatic carbocycles. The van der Waals surface area contributed by atoms with E-state index in [0.29, 0.717) is 38.5 Å². The molecule has 8 nitrogen and oxygen atoms in total. The van der Waals surface area contributed by atoms with Crippen molar-refractivity contribution in [3.05, 3.63) is 70.3 Å². The quantitative estimate of drug-likeness (QED) is 0.533. The summed E-state index contributed by atoms with van der Waals surface area (Å²) < 4.78 is 10.6. The Hall–Kier alpha value is -3.17. The maximum Gasteiger partial charge on any atom is 0.409 e. The first-order valence-corrected chi connectivity index (χ1v) is 13.0. The highest BCUT2D eigenvalue weighted by molar-refractivity contribution is 7.16. The number of piperazine rings is 1. The van der Waals surface area contributed by atoms with Crippen molar-refractivity contribution >= 4 is 28.3 Å². The lowest BCUT2D eigenvalue weighted by Crippen LogP contribution is -2.50. The Kier molecular flexibility index (Phi) is 7.15. The Morgan fingerprint density at radius 1 is 1.17 bits per heavy atom. The summed E-state index contributed by atoms with van der Waals surface area (Å²) in [7, 11) is 0. The third-order valence-corrected chi connectivity index (χ3v) is 7.89. The van der Waals surface area contributed by atoms with E-state index in [2.05, 4.69) is 21.3 Å². The average Bonchev–Trinajstić information content (AvgIpc) is 3.55. The number of fused-ring (bicyclic) bond motifs is 1. The minimum absolute atomic E-state index is 0.0713. The normalized spacial score (nSPS) is 17.0. The van der Waals surface area contributed by atoms with E-state index in [1.165, 1.54) is 16.7 Å². The van der Waals surface area contributed by atoms with Crippen molar-refractivity contribution in [2.75, 3.05) is 38.1 Å². The van der Waals surface area contributed by atoms with E-state index in [0.717, 1.165) is 41.8 Å². The molecule has 184 valence electrons. The molecule has 1 aliphatic heterocycles. The Labute approximate surface area is 208 Å². The molecular weight excluding hydrogens is 464 g/mol. The summed E-state index contributed by atoms with van der Waals surface area (Å²) in [5.74, 6) is 0.0511. The van der Waals surface area contributed by atoms with Gasteiger partial charge in [0.15, 0.2) is 5.76 Å². The highest BCUT2D eigenvalue weighted by atomic mass is 32.1. The Morgan fingerprint density at radius 2 is 2.00 bits per heavy atom. The van der Waals surface area contributed by atoms with E-state index in [1.807, 2.05) is 19.2 Å². The molecule has 1 atom stereocenters. The second-order valence-corrected chi connectivity index (χ2v) is 9.90. The van der Waals surface area contributed by atoms with Gasteiger partial charge in [-0.05, 0) is 61.9 Å². The molecule has 0 spiro atoms. The minimum atomic E-state index is -0.260. The van der Waals surface area contributed by atoms with Gasteiger partial charge >= 0.3 is 6.09 Å². The maximum atomic E-state index is 13.0. The smallest absolute Gasteiger partial charge is 0.409 e. The highest BCUT2D eigenvalue weighted by Crippen LogP contribution is 2.45. The summed E-state index contributed by atoms with van der Waals surface area (Å²) in [6.45, 7) is 4.79. The van der Waals surface area contributed by atoms with E-state index in [1.54, 1.807) is 34.6 Å². The van der Waals surface area contributed by atoms with Crippen LogP contribution in [0.3, 0.4) is 0 Å². The first-order chi connectivity index (χ1) is 17.2. The molecule has 2 aliphatic rings. The van der Waals surface area contributed by atoms with Crippen LogP contribution in [0, 0.1) is 0 Å². The third kappa shape index (κ3) is 4.97. The van der Waals surface area contributed by atoms with E-state index in [9.17, 15) is 9.59 Å². The fraction of sp³-hybridized carbons (Fsp3) is 0.423. The van der Waals surface area contributed by atoms with Crippen LogP contribution in [0.25, 0.3) is 0 Å². The summed E-state index contributed by atoms with van der Waals surface area (Å²) in [5.41, 5.74) is 3.58. The van der Waals surface area contributed by atoms with Gasteiger partial charge < -0.3 is 19.4 Å². The first-order valence-electron chi connectivity index (χ1n) is 12.2. The predicted octanol–water partition coefficient (Wildman–Crippen LogP) is 4.73. The standard InChI is InChI=1S/C26H30N4O4S/c1-2-33-26(32)30-14-12-29(13-15-30)23(18-7-5-11-27-17-18)22-19-8-3-4-10-21(19)35-25(22)28-24(31)20-9-6-16-34-20/h5-7,9,11,16-17,23H,2-4,8,10,12-15H2,1H3,(H,28,31). The van der Waals surface area contributed by atoms with Crippen LogP contribution >= 0.6 is 11.3 Å². The number of carbonyl (C=O) groups is 2. The van der Waals surface area contributed by atoms with Crippen molar-refractivity contribution in [2.45, 2.75) is 38.6 Å². The van der Waals surface area contributed by atoms with Crippen molar-refractivity contribution in [3.63, 3.8) is 0 Å². The van der Waals surface area contributed by atoms with E-state index in [-0.39, 0.29) is 18.0 Å². The van der Waals surface area contributed by atoms with Gasteiger partial charge in [0, 0.05) is 49.0 Å². The number of thiophene rings is 1. The van der Waals surface area contributed by atoms with Gasteiger partial charge in [-0.1, -0.05) is 6.07 Å². The molecule has 1 N–H and O–H groups in total. The van der Waals surface area contributed by atoms with Crippen LogP contribution < -0.4 is 5.32 Å². The van der Waals surface area contributed by atoms with Crippen LogP contribution in [-0.4, -0.2) is 59.6 Å². The lowest BCUT2D eigenvalue weighted by Gasteiger charge is -2.39. The largest absolute Gasteiger partial charge is 0.459 e. The molecule has 35 heavy (non-hydrogen) atoms. The summed E-state index contributed by atoms with van der Waals surface area (Å²) in [5, 5.41) is 4.03. The van der Waals surface area contributed by atoms with E-state index in [4.69, 9.17) is 9.15 Å². The van der Waals surface area contributed by atoms with Gasteiger partial charge in [-0.2, -0.15) is 0 Å². The van der Waals surface area contributed by atoms with Gasteiger partial charge in [0.2, 0.25) is 0 Å². The second kappa shape index (κ2) is 10.6. The Balaban J connectivity index is 1.51. The average molecular weight is 495 g/mol. The van der Waals surface area contributed by atoms with Crippen LogP contribution in [0.5, 0.6) is 0 Å². The molecule has 1 fully saturated rings. The highest BCUT2D eigenvalue weighted by Gasteiger charge is 2.35. The van der Waals surface area contributed by atoms with Gasteiger partial charge in [-0.3, -0.25) is 14.7 Å². The molecule has 3 aromatic rings. The Morgan fingerprint density at radius 3 is 2.71 bits per heavy atom. The topological polar surface area (TPSA) is 87.9 Å². The van der Waals surface area contributed by atoms with Crippen molar-refractivity contribution in [2.24, 2.45) is 0 Å². The second-order valence-electron chi connectivity index (χ2n) is 8.80. The number of nitrogens with zero attached hydrogens (tertiary/aromatic N) is 3. The van der Waals surface area contributed by atoms with E-state index < -0.39 is 0 Å². The number of rotatable bonds is 6. The van der Waals surface area contributed by atoms with Crippen LogP contribution in [0.2, 0.25) is 0 Å². The number of carbonyl (C=O) groups excluding carboxylic acids is 2. The molecule has 5 rings (SSSR count). The number of furan rings is 1. The number of ether oxygens (including phenoxy) is 1. The molecule has 0 bridgehead atoms. The van der Waals surface area contributed by atoms with Crippen LogP contribution in [0.15, 0.2) is 47.3 Å². The van der Waals surface area contributed by atoms with Gasteiger partial charge in [0.25, 0.3) is 5.91 Å². The monoisotopic (exact) mass is 494 g/mol. The molecule has 1 aliphatic carbocycles.